The Labute approximate surface area is 269 Å². The summed E-state index contributed by atoms with van der Waals surface area (Å²) in [7, 11) is 0. The minimum absolute atomic E-state index is 0.183. The SMILES string of the molecule is C1=CC(c2cc(-c3ccc4ccccc4c3)nc3c4c(ccc23)C(c2ccccc2)CC(c2ccc3ccccc3c2)=N4)=CCC1. The van der Waals surface area contributed by atoms with Gasteiger partial charge in [-0.2, -0.15) is 0 Å². The molecule has 1 unspecified atom stereocenters. The maximum absolute atomic E-state index is 5.51. The van der Waals surface area contributed by atoms with Crippen molar-refractivity contribution in [1.29, 1.82) is 0 Å². The number of hydrogen-bond donors (Lipinski definition) is 0. The Morgan fingerprint density at radius 1 is 0.587 bits per heavy atom. The number of pyridine rings is 1. The van der Waals surface area contributed by atoms with E-state index >= 15 is 0 Å². The molecular formula is C44H32N2. The van der Waals surface area contributed by atoms with Gasteiger partial charge in [0.15, 0.2) is 0 Å². The van der Waals surface area contributed by atoms with Crippen molar-refractivity contribution < 1.29 is 0 Å². The zero-order valence-corrected chi connectivity index (χ0v) is 25.5. The van der Waals surface area contributed by atoms with Gasteiger partial charge in [-0.05, 0) is 80.4 Å². The summed E-state index contributed by atoms with van der Waals surface area (Å²) >= 11 is 0. The molecule has 46 heavy (non-hydrogen) atoms. The summed E-state index contributed by atoms with van der Waals surface area (Å²) in [4.78, 5) is 11.0. The molecule has 0 bridgehead atoms. The van der Waals surface area contributed by atoms with Crippen LogP contribution in [0.3, 0.4) is 0 Å². The molecule has 218 valence electrons. The van der Waals surface area contributed by atoms with Crippen LogP contribution >= 0.6 is 0 Å². The predicted molar refractivity (Wildman–Crippen MR) is 194 cm³/mol. The molecule has 2 heteroatoms. The maximum Gasteiger partial charge on any atom is 0.0975 e. The van der Waals surface area contributed by atoms with Crippen LogP contribution in [-0.4, -0.2) is 10.7 Å². The average molecular weight is 589 g/mol. The van der Waals surface area contributed by atoms with Crippen molar-refractivity contribution >= 4 is 49.4 Å². The number of aliphatic imine (C=N–C) groups is 1. The topological polar surface area (TPSA) is 25.2 Å². The normalized spacial score (nSPS) is 16.0. The number of rotatable bonds is 4. The summed E-state index contributed by atoms with van der Waals surface area (Å²) < 4.78 is 0. The van der Waals surface area contributed by atoms with E-state index in [1.165, 1.54) is 49.4 Å². The molecule has 2 nitrogen and oxygen atoms in total. The van der Waals surface area contributed by atoms with Crippen molar-refractivity contribution in [2.24, 2.45) is 4.99 Å². The van der Waals surface area contributed by atoms with Crippen molar-refractivity contribution in [3.63, 3.8) is 0 Å². The van der Waals surface area contributed by atoms with E-state index in [1.54, 1.807) is 0 Å². The Kier molecular flexibility index (Phi) is 6.45. The predicted octanol–water partition coefficient (Wildman–Crippen LogP) is 11.6. The fourth-order valence-corrected chi connectivity index (χ4v) is 7.26. The molecule has 0 fully saturated rings. The van der Waals surface area contributed by atoms with Gasteiger partial charge >= 0.3 is 0 Å². The molecule has 1 aliphatic carbocycles. The molecule has 0 amide bonds. The van der Waals surface area contributed by atoms with Crippen molar-refractivity contribution in [1.82, 2.24) is 4.98 Å². The number of hydrogen-bond acceptors (Lipinski definition) is 2. The van der Waals surface area contributed by atoms with Gasteiger partial charge in [-0.1, -0.05) is 133 Å². The quantitative estimate of drug-likeness (QED) is 0.201. The maximum atomic E-state index is 5.51. The van der Waals surface area contributed by atoms with Crippen LogP contribution in [0.1, 0.15) is 47.4 Å². The molecule has 0 radical (unpaired) electrons. The lowest BCUT2D eigenvalue weighted by atomic mass is 9.81. The number of benzene rings is 6. The number of allylic oxidation sites excluding steroid dienone is 4. The van der Waals surface area contributed by atoms with E-state index in [1.807, 2.05) is 0 Å². The largest absolute Gasteiger partial charge is 0.250 e. The molecule has 9 rings (SSSR count). The summed E-state index contributed by atoms with van der Waals surface area (Å²) in [5.74, 6) is 0.183. The Bertz CT molecular complexity index is 2390. The molecule has 7 aromatic rings. The van der Waals surface area contributed by atoms with Crippen LogP contribution in [0.5, 0.6) is 0 Å². The molecule has 0 saturated heterocycles. The van der Waals surface area contributed by atoms with Crippen LogP contribution in [0.2, 0.25) is 0 Å². The van der Waals surface area contributed by atoms with Gasteiger partial charge in [-0.15, -0.1) is 0 Å². The highest BCUT2D eigenvalue weighted by molar-refractivity contribution is 6.10. The van der Waals surface area contributed by atoms with E-state index in [4.69, 9.17) is 9.98 Å². The van der Waals surface area contributed by atoms with Crippen molar-refractivity contribution in [3.8, 4) is 11.3 Å². The summed E-state index contributed by atoms with van der Waals surface area (Å²) in [6.45, 7) is 0. The van der Waals surface area contributed by atoms with Crippen LogP contribution in [-0.2, 0) is 0 Å². The number of nitrogens with zero attached hydrogens (tertiary/aromatic N) is 2. The van der Waals surface area contributed by atoms with E-state index < -0.39 is 0 Å². The first-order valence-corrected chi connectivity index (χ1v) is 16.2. The summed E-state index contributed by atoms with van der Waals surface area (Å²) in [6.07, 6.45) is 9.90. The van der Waals surface area contributed by atoms with Crippen LogP contribution < -0.4 is 0 Å². The molecule has 2 aliphatic rings. The lowest BCUT2D eigenvalue weighted by Crippen LogP contribution is -2.15. The van der Waals surface area contributed by atoms with Crippen molar-refractivity contribution in [2.45, 2.75) is 25.2 Å². The highest BCUT2D eigenvalue weighted by atomic mass is 14.8. The Hall–Kier alpha value is -5.60. The van der Waals surface area contributed by atoms with Gasteiger partial charge in [-0.25, -0.2) is 4.98 Å². The Balaban J connectivity index is 1.32. The fourth-order valence-electron chi connectivity index (χ4n) is 7.26. The molecule has 0 spiro atoms. The fraction of sp³-hybridized carbons (Fsp3) is 0.0909. The van der Waals surface area contributed by atoms with E-state index in [2.05, 4.69) is 152 Å². The average Bonchev–Trinajstić information content (AvgIpc) is 3.14. The van der Waals surface area contributed by atoms with Gasteiger partial charge in [0.05, 0.1) is 16.9 Å². The van der Waals surface area contributed by atoms with Crippen LogP contribution in [0.4, 0.5) is 5.69 Å². The highest BCUT2D eigenvalue weighted by Gasteiger charge is 2.28. The molecule has 0 saturated carbocycles. The van der Waals surface area contributed by atoms with Crippen LogP contribution in [0.25, 0.3) is 49.3 Å². The molecule has 2 heterocycles. The second kappa shape index (κ2) is 11.1. The standard InChI is InChI=1S/C44H32N2/c1-3-13-31(14-4-1)39-27-41(35-21-19-29-11-7-9-17-33(29)25-35)45-43-37(39)23-24-38-40(32-15-5-2-6-16-32)28-42(46-44(38)43)36-22-20-30-12-8-10-18-34(30)26-36/h1,3-5,7-26,28,39H,2,6,27H2. The van der Waals surface area contributed by atoms with Crippen molar-refractivity contribution in [2.75, 3.05) is 0 Å². The first-order chi connectivity index (χ1) is 22.8. The van der Waals surface area contributed by atoms with E-state index in [9.17, 15) is 0 Å². The van der Waals surface area contributed by atoms with Gasteiger partial charge in [0.1, 0.15) is 0 Å². The van der Waals surface area contributed by atoms with E-state index in [0.29, 0.717) is 0 Å². The van der Waals surface area contributed by atoms with E-state index in [-0.39, 0.29) is 5.92 Å². The third-order valence-corrected chi connectivity index (χ3v) is 9.64. The van der Waals surface area contributed by atoms with Gasteiger partial charge in [-0.3, -0.25) is 4.99 Å². The first kappa shape index (κ1) is 26.8. The zero-order valence-electron chi connectivity index (χ0n) is 25.5. The van der Waals surface area contributed by atoms with Crippen molar-refractivity contribution in [3.05, 3.63) is 174 Å². The third-order valence-electron chi connectivity index (χ3n) is 9.64. The van der Waals surface area contributed by atoms with Gasteiger partial charge in [0.2, 0.25) is 0 Å². The minimum atomic E-state index is 0.183. The lowest BCUT2D eigenvalue weighted by molar-refractivity contribution is 0.842. The second-order valence-electron chi connectivity index (χ2n) is 12.4. The monoisotopic (exact) mass is 588 g/mol. The Morgan fingerprint density at radius 3 is 2.02 bits per heavy atom. The minimum Gasteiger partial charge on any atom is -0.250 e. The van der Waals surface area contributed by atoms with Crippen LogP contribution in [0.15, 0.2) is 157 Å². The highest BCUT2D eigenvalue weighted by Crippen LogP contribution is 2.45. The first-order valence-electron chi connectivity index (χ1n) is 16.2. The number of fused-ring (bicyclic) bond motifs is 5. The van der Waals surface area contributed by atoms with Crippen LogP contribution in [0, 0.1) is 0 Å². The molecule has 1 aromatic heterocycles. The van der Waals surface area contributed by atoms with Gasteiger partial charge < -0.3 is 0 Å². The molecule has 1 atom stereocenters. The van der Waals surface area contributed by atoms with Gasteiger partial charge in [0.25, 0.3) is 0 Å². The third kappa shape index (κ3) is 4.66. The lowest BCUT2D eigenvalue weighted by Gasteiger charge is -2.27. The number of aromatic nitrogens is 1. The summed E-state index contributed by atoms with van der Waals surface area (Å²) in [5.41, 5.74) is 11.4. The molecule has 1 aliphatic heterocycles. The zero-order chi connectivity index (χ0) is 30.5. The molecule has 0 N–H and O–H groups in total. The summed E-state index contributed by atoms with van der Waals surface area (Å²) in [5, 5.41) is 6.08. The van der Waals surface area contributed by atoms with E-state index in [0.717, 1.165) is 52.8 Å². The Morgan fingerprint density at radius 2 is 1.28 bits per heavy atom. The smallest absolute Gasteiger partial charge is 0.0975 e. The molecule has 6 aromatic carbocycles. The van der Waals surface area contributed by atoms with Gasteiger partial charge in [0, 0.05) is 29.0 Å². The molecular weight excluding hydrogens is 556 g/mol. The second-order valence-corrected chi connectivity index (χ2v) is 12.4. The summed E-state index contributed by atoms with van der Waals surface area (Å²) in [6, 6.07) is 48.3.